The molecule has 0 saturated heterocycles. The number of hydrogen-bond donors (Lipinski definition) is 2. The van der Waals surface area contributed by atoms with E-state index in [0.717, 1.165) is 17.8 Å². The van der Waals surface area contributed by atoms with Crippen molar-refractivity contribution in [1.29, 1.82) is 0 Å². The molecule has 0 radical (unpaired) electrons. The van der Waals surface area contributed by atoms with Gasteiger partial charge in [-0.15, -0.1) is 0 Å². The van der Waals surface area contributed by atoms with E-state index < -0.39 is 17.6 Å². The minimum absolute atomic E-state index is 0.160. The molecule has 0 aliphatic carbocycles. The van der Waals surface area contributed by atoms with E-state index in [1.54, 1.807) is 20.1 Å². The van der Waals surface area contributed by atoms with Gasteiger partial charge in [0.2, 0.25) is 0 Å². The lowest BCUT2D eigenvalue weighted by Gasteiger charge is -2.08. The SMILES string of the molecule is COc1ccccc1-c1cc(NC(=O)c2cnn(-c3ccc(C(F)(F)F)cn3)c2C)n[nH]1. The predicted molar refractivity (Wildman–Crippen MR) is 110 cm³/mol. The molecule has 0 aliphatic rings. The highest BCUT2D eigenvalue weighted by Gasteiger charge is 2.31. The summed E-state index contributed by atoms with van der Waals surface area (Å²) in [7, 11) is 1.56. The Kier molecular flexibility index (Phi) is 5.39. The topological polar surface area (TPSA) is 97.7 Å². The Morgan fingerprint density at radius 1 is 1.16 bits per heavy atom. The average molecular weight is 442 g/mol. The Labute approximate surface area is 180 Å². The van der Waals surface area contributed by atoms with Crippen molar-refractivity contribution >= 4 is 11.7 Å². The average Bonchev–Trinajstić information content (AvgIpc) is 3.39. The second kappa shape index (κ2) is 8.17. The molecule has 0 bridgehead atoms. The molecule has 0 spiro atoms. The number of methoxy groups -OCH3 is 1. The number of rotatable bonds is 5. The number of para-hydroxylation sites is 1. The number of aromatic nitrogens is 5. The number of benzene rings is 1. The minimum Gasteiger partial charge on any atom is -0.496 e. The fourth-order valence-electron chi connectivity index (χ4n) is 3.12. The third-order valence-electron chi connectivity index (χ3n) is 4.76. The molecule has 0 aliphatic heterocycles. The van der Waals surface area contributed by atoms with Gasteiger partial charge in [0, 0.05) is 17.8 Å². The number of pyridine rings is 1. The molecule has 164 valence electrons. The third-order valence-corrected chi connectivity index (χ3v) is 4.76. The van der Waals surface area contributed by atoms with Gasteiger partial charge in [-0.05, 0) is 31.2 Å². The van der Waals surface area contributed by atoms with Gasteiger partial charge < -0.3 is 10.1 Å². The number of anilines is 1. The lowest BCUT2D eigenvalue weighted by Crippen LogP contribution is -2.13. The number of carbonyl (C=O) groups is 1. The number of aromatic amines is 1. The molecule has 1 aromatic carbocycles. The van der Waals surface area contributed by atoms with Crippen molar-refractivity contribution in [2.45, 2.75) is 13.1 Å². The Balaban J connectivity index is 1.53. The van der Waals surface area contributed by atoms with Gasteiger partial charge in [-0.2, -0.15) is 23.4 Å². The second-order valence-electron chi connectivity index (χ2n) is 6.78. The van der Waals surface area contributed by atoms with Crippen LogP contribution in [0.5, 0.6) is 5.75 Å². The number of hydrogen-bond acceptors (Lipinski definition) is 5. The third kappa shape index (κ3) is 4.04. The van der Waals surface area contributed by atoms with E-state index in [1.807, 2.05) is 24.3 Å². The Bertz CT molecular complexity index is 1260. The second-order valence-corrected chi connectivity index (χ2v) is 6.78. The van der Waals surface area contributed by atoms with Gasteiger partial charge in [-0.1, -0.05) is 12.1 Å². The maximum Gasteiger partial charge on any atom is 0.417 e. The van der Waals surface area contributed by atoms with Crippen LogP contribution in [-0.2, 0) is 6.18 Å². The molecule has 2 N–H and O–H groups in total. The smallest absolute Gasteiger partial charge is 0.417 e. The molecule has 8 nitrogen and oxygen atoms in total. The highest BCUT2D eigenvalue weighted by molar-refractivity contribution is 6.04. The van der Waals surface area contributed by atoms with E-state index >= 15 is 0 Å². The summed E-state index contributed by atoms with van der Waals surface area (Å²) in [5.41, 5.74) is 1.21. The van der Waals surface area contributed by atoms with E-state index in [9.17, 15) is 18.0 Å². The first-order valence-corrected chi connectivity index (χ1v) is 9.36. The zero-order valence-corrected chi connectivity index (χ0v) is 16.9. The van der Waals surface area contributed by atoms with Crippen molar-refractivity contribution in [2.24, 2.45) is 0 Å². The number of halogens is 3. The van der Waals surface area contributed by atoms with Crippen molar-refractivity contribution in [3.8, 4) is 22.8 Å². The Morgan fingerprint density at radius 3 is 2.62 bits per heavy atom. The largest absolute Gasteiger partial charge is 0.496 e. The van der Waals surface area contributed by atoms with Crippen LogP contribution in [0.15, 0.2) is 54.9 Å². The number of ether oxygens (including phenoxy) is 1. The first kappa shape index (κ1) is 21.1. The number of amides is 1. The van der Waals surface area contributed by atoms with Crippen LogP contribution in [0.3, 0.4) is 0 Å². The molecule has 0 atom stereocenters. The summed E-state index contributed by atoms with van der Waals surface area (Å²) < 4.78 is 44.8. The van der Waals surface area contributed by atoms with Gasteiger partial charge in [0.25, 0.3) is 5.91 Å². The van der Waals surface area contributed by atoms with Gasteiger partial charge in [-0.3, -0.25) is 9.89 Å². The number of carbonyl (C=O) groups excluding carboxylic acids is 1. The number of nitrogens with zero attached hydrogens (tertiary/aromatic N) is 4. The highest BCUT2D eigenvalue weighted by Crippen LogP contribution is 2.30. The van der Waals surface area contributed by atoms with Crippen LogP contribution in [0, 0.1) is 6.92 Å². The van der Waals surface area contributed by atoms with Gasteiger partial charge >= 0.3 is 6.18 Å². The lowest BCUT2D eigenvalue weighted by molar-refractivity contribution is -0.137. The van der Waals surface area contributed by atoms with Gasteiger partial charge in [-0.25, -0.2) is 9.67 Å². The zero-order valence-electron chi connectivity index (χ0n) is 16.9. The van der Waals surface area contributed by atoms with Crippen LogP contribution in [0.4, 0.5) is 19.0 Å². The first-order valence-electron chi connectivity index (χ1n) is 9.36. The summed E-state index contributed by atoms with van der Waals surface area (Å²) in [6.45, 7) is 1.62. The quantitative estimate of drug-likeness (QED) is 0.482. The van der Waals surface area contributed by atoms with E-state index in [2.05, 4.69) is 25.6 Å². The van der Waals surface area contributed by atoms with Crippen molar-refractivity contribution in [3.63, 3.8) is 0 Å². The molecule has 0 fully saturated rings. The molecule has 11 heteroatoms. The maximum atomic E-state index is 12.7. The fraction of sp³-hybridized carbons (Fsp3) is 0.143. The van der Waals surface area contributed by atoms with Crippen molar-refractivity contribution in [3.05, 3.63) is 71.7 Å². The van der Waals surface area contributed by atoms with Crippen LogP contribution in [0.25, 0.3) is 17.1 Å². The van der Waals surface area contributed by atoms with Crippen LogP contribution < -0.4 is 10.1 Å². The van der Waals surface area contributed by atoms with Crippen molar-refractivity contribution < 1.29 is 22.7 Å². The standard InChI is InChI=1S/C21H17F3N6O2/c1-12-15(11-26-30(12)19-8-7-13(10-25-19)21(22,23)24)20(31)27-18-9-16(28-29-18)14-5-3-4-6-17(14)32-2/h3-11H,1-2H3,(H2,27,28,29,31). The van der Waals surface area contributed by atoms with Crippen LogP contribution in [0.2, 0.25) is 0 Å². The summed E-state index contributed by atoms with van der Waals surface area (Å²) >= 11 is 0. The van der Waals surface area contributed by atoms with E-state index in [-0.39, 0.29) is 17.2 Å². The molecule has 3 heterocycles. The number of H-pyrrole nitrogens is 1. The molecule has 4 aromatic rings. The summed E-state index contributed by atoms with van der Waals surface area (Å²) in [5.74, 6) is 0.623. The van der Waals surface area contributed by atoms with Gasteiger partial charge in [0.1, 0.15) is 5.75 Å². The van der Waals surface area contributed by atoms with E-state index in [1.165, 1.54) is 16.9 Å². The first-order chi connectivity index (χ1) is 15.3. The molecule has 1 amide bonds. The summed E-state index contributed by atoms with van der Waals surface area (Å²) in [6, 6.07) is 11.1. The van der Waals surface area contributed by atoms with Crippen molar-refractivity contribution in [2.75, 3.05) is 12.4 Å². The Hall–Kier alpha value is -4.15. The molecule has 0 saturated carbocycles. The lowest BCUT2D eigenvalue weighted by atomic mass is 10.1. The summed E-state index contributed by atoms with van der Waals surface area (Å²) in [4.78, 5) is 16.5. The van der Waals surface area contributed by atoms with E-state index in [4.69, 9.17) is 4.74 Å². The molecule has 0 unspecified atom stereocenters. The van der Waals surface area contributed by atoms with Crippen LogP contribution in [0.1, 0.15) is 21.6 Å². The summed E-state index contributed by atoms with van der Waals surface area (Å²) in [6.07, 6.45) is -2.45. The molecule has 3 aromatic heterocycles. The summed E-state index contributed by atoms with van der Waals surface area (Å²) in [5, 5.41) is 13.7. The number of alkyl halides is 3. The zero-order chi connectivity index (χ0) is 22.9. The maximum absolute atomic E-state index is 12.7. The van der Waals surface area contributed by atoms with Crippen LogP contribution in [-0.4, -0.2) is 38.0 Å². The van der Waals surface area contributed by atoms with Crippen LogP contribution >= 0.6 is 0 Å². The normalized spacial score (nSPS) is 11.4. The Morgan fingerprint density at radius 2 is 1.94 bits per heavy atom. The fourth-order valence-corrected chi connectivity index (χ4v) is 3.12. The molecular formula is C21H17F3N6O2. The molecule has 4 rings (SSSR count). The minimum atomic E-state index is -4.48. The van der Waals surface area contributed by atoms with E-state index in [0.29, 0.717) is 17.1 Å². The monoisotopic (exact) mass is 442 g/mol. The molecule has 32 heavy (non-hydrogen) atoms. The number of nitrogens with one attached hydrogen (secondary N) is 2. The predicted octanol–water partition coefficient (Wildman–Crippen LogP) is 4.25. The van der Waals surface area contributed by atoms with Gasteiger partial charge in [0.05, 0.1) is 35.8 Å². The van der Waals surface area contributed by atoms with Crippen molar-refractivity contribution in [1.82, 2.24) is 25.0 Å². The highest BCUT2D eigenvalue weighted by atomic mass is 19.4. The van der Waals surface area contributed by atoms with Gasteiger partial charge in [0.15, 0.2) is 11.6 Å². The molecular weight excluding hydrogens is 425 g/mol.